The maximum Gasteiger partial charge on any atom is 0.317 e. The van der Waals surface area contributed by atoms with Gasteiger partial charge >= 0.3 is 6.03 Å². The number of amides is 5. The maximum atomic E-state index is 13.3. The summed E-state index contributed by atoms with van der Waals surface area (Å²) >= 11 is 5.96. The minimum absolute atomic E-state index is 0.0309. The van der Waals surface area contributed by atoms with Gasteiger partial charge in [0.1, 0.15) is 11.5 Å². The summed E-state index contributed by atoms with van der Waals surface area (Å²) in [5.41, 5.74) is 5.97. The molecule has 13 heteroatoms. The van der Waals surface area contributed by atoms with E-state index in [1.54, 1.807) is 29.2 Å². The Bertz CT molecular complexity index is 1330. The zero-order valence-corrected chi connectivity index (χ0v) is 19.5. The lowest BCUT2D eigenvalue weighted by molar-refractivity contribution is 0.0954. The molecule has 186 valence electrons. The number of halogens is 2. The lowest BCUT2D eigenvalue weighted by atomic mass is 10.2. The number of imidazole rings is 1. The molecule has 3 aromatic rings. The second kappa shape index (κ2) is 10.4. The molecule has 4 rings (SSSR count). The van der Waals surface area contributed by atoms with E-state index < -0.39 is 23.5 Å². The van der Waals surface area contributed by atoms with Crippen LogP contribution in [-0.2, 0) is 0 Å². The van der Waals surface area contributed by atoms with Crippen molar-refractivity contribution >= 4 is 46.7 Å². The van der Waals surface area contributed by atoms with E-state index in [1.165, 1.54) is 17.3 Å². The fourth-order valence-electron chi connectivity index (χ4n) is 3.67. The average Bonchev–Trinajstić information content (AvgIpc) is 3.49. The highest BCUT2D eigenvalue weighted by Gasteiger charge is 2.27. The van der Waals surface area contributed by atoms with Crippen molar-refractivity contribution in [2.45, 2.75) is 0 Å². The van der Waals surface area contributed by atoms with Crippen LogP contribution < -0.4 is 21.3 Å². The molecule has 11 nitrogen and oxygen atoms in total. The van der Waals surface area contributed by atoms with Gasteiger partial charge in [0.25, 0.3) is 17.7 Å². The van der Waals surface area contributed by atoms with E-state index in [2.05, 4.69) is 20.6 Å². The number of nitrogens with two attached hydrogens (primary N) is 1. The van der Waals surface area contributed by atoms with Gasteiger partial charge in [-0.2, -0.15) is 0 Å². The molecule has 1 aliphatic heterocycles. The molecule has 0 unspecified atom stereocenters. The van der Waals surface area contributed by atoms with Crippen LogP contribution in [0.4, 0.5) is 20.6 Å². The van der Waals surface area contributed by atoms with Crippen LogP contribution in [0.25, 0.3) is 0 Å². The maximum absolute atomic E-state index is 13.3. The summed E-state index contributed by atoms with van der Waals surface area (Å²) in [5.74, 6) is -2.54. The molecule has 0 spiro atoms. The third-order valence-corrected chi connectivity index (χ3v) is 5.80. The third kappa shape index (κ3) is 5.28. The number of nitrogens with one attached hydrogen (secondary N) is 3. The number of primary amides is 1. The number of rotatable bonds is 8. The Balaban J connectivity index is 1.56. The summed E-state index contributed by atoms with van der Waals surface area (Å²) in [6, 6.07) is 9.51. The predicted octanol–water partition coefficient (Wildman–Crippen LogP) is 2.23. The van der Waals surface area contributed by atoms with Crippen LogP contribution in [0.5, 0.6) is 0 Å². The molecule has 1 aliphatic rings. The Morgan fingerprint density at radius 2 is 1.94 bits per heavy atom. The number of H-pyrrole nitrogens is 1. The first kappa shape index (κ1) is 24.7. The average molecular weight is 514 g/mol. The minimum atomic E-state index is -0.865. The zero-order chi connectivity index (χ0) is 25.8. The van der Waals surface area contributed by atoms with Gasteiger partial charge in [-0.05, 0) is 42.5 Å². The van der Waals surface area contributed by atoms with E-state index in [1.807, 2.05) is 0 Å². The Hall–Kier alpha value is -4.45. The SMILES string of the molecule is NC(=O)c1nc[nH]c1C(=O)N(CCN1CCNC1=O)c1ccc(NC(=O)c2ccc(F)cc2Cl)cc1. The molecule has 0 atom stereocenters. The van der Waals surface area contributed by atoms with E-state index in [0.717, 1.165) is 12.1 Å². The molecule has 5 N–H and O–H groups in total. The van der Waals surface area contributed by atoms with E-state index in [0.29, 0.717) is 24.5 Å². The van der Waals surface area contributed by atoms with Crippen molar-refractivity contribution in [3.05, 3.63) is 76.6 Å². The van der Waals surface area contributed by atoms with Gasteiger partial charge < -0.3 is 31.2 Å². The number of urea groups is 1. The smallest absolute Gasteiger partial charge is 0.317 e. The largest absolute Gasteiger partial charge is 0.364 e. The molecule has 1 fully saturated rings. The van der Waals surface area contributed by atoms with E-state index in [9.17, 15) is 23.6 Å². The molecular weight excluding hydrogens is 493 g/mol. The number of hydrogen-bond acceptors (Lipinski definition) is 5. The first-order valence-electron chi connectivity index (χ1n) is 10.8. The van der Waals surface area contributed by atoms with Crippen molar-refractivity contribution in [3.63, 3.8) is 0 Å². The molecule has 5 amide bonds. The lowest BCUT2D eigenvalue weighted by Gasteiger charge is -2.25. The Morgan fingerprint density at radius 1 is 1.19 bits per heavy atom. The second-order valence-electron chi connectivity index (χ2n) is 7.79. The van der Waals surface area contributed by atoms with Crippen molar-refractivity contribution in [1.29, 1.82) is 0 Å². The van der Waals surface area contributed by atoms with Crippen LogP contribution >= 0.6 is 11.6 Å². The van der Waals surface area contributed by atoms with Crippen LogP contribution in [-0.4, -0.2) is 64.8 Å². The van der Waals surface area contributed by atoms with Crippen molar-refractivity contribution in [1.82, 2.24) is 20.2 Å². The van der Waals surface area contributed by atoms with Crippen molar-refractivity contribution < 1.29 is 23.6 Å². The molecule has 0 radical (unpaired) electrons. The molecule has 0 bridgehead atoms. The first-order chi connectivity index (χ1) is 17.2. The van der Waals surface area contributed by atoms with Crippen LogP contribution in [0.15, 0.2) is 48.8 Å². The summed E-state index contributed by atoms with van der Waals surface area (Å²) in [6.45, 7) is 1.35. The summed E-state index contributed by atoms with van der Waals surface area (Å²) < 4.78 is 13.3. The summed E-state index contributed by atoms with van der Waals surface area (Å²) in [5, 5.41) is 5.33. The molecule has 36 heavy (non-hydrogen) atoms. The van der Waals surface area contributed by atoms with E-state index in [4.69, 9.17) is 17.3 Å². The van der Waals surface area contributed by atoms with Gasteiger partial charge in [0, 0.05) is 37.6 Å². The Labute approximate surface area is 209 Å². The molecule has 1 saturated heterocycles. The van der Waals surface area contributed by atoms with Gasteiger partial charge in [-0.3, -0.25) is 14.4 Å². The van der Waals surface area contributed by atoms with E-state index >= 15 is 0 Å². The highest BCUT2D eigenvalue weighted by Crippen LogP contribution is 2.23. The Morgan fingerprint density at radius 3 is 2.58 bits per heavy atom. The number of aromatic amines is 1. The summed E-state index contributed by atoms with van der Waals surface area (Å²) in [7, 11) is 0. The monoisotopic (exact) mass is 513 g/mol. The fourth-order valence-corrected chi connectivity index (χ4v) is 3.92. The van der Waals surface area contributed by atoms with Gasteiger partial charge in [0.05, 0.1) is 16.9 Å². The van der Waals surface area contributed by atoms with Crippen LogP contribution in [0.1, 0.15) is 31.3 Å². The van der Waals surface area contributed by atoms with Crippen molar-refractivity contribution in [2.75, 3.05) is 36.4 Å². The normalized spacial score (nSPS) is 12.8. The van der Waals surface area contributed by atoms with Gasteiger partial charge in [0.2, 0.25) is 0 Å². The van der Waals surface area contributed by atoms with Crippen LogP contribution in [0, 0.1) is 5.82 Å². The molecule has 0 aliphatic carbocycles. The highest BCUT2D eigenvalue weighted by atomic mass is 35.5. The highest BCUT2D eigenvalue weighted by molar-refractivity contribution is 6.34. The fraction of sp³-hybridized carbons (Fsp3) is 0.174. The molecule has 2 aromatic carbocycles. The summed E-state index contributed by atoms with van der Waals surface area (Å²) in [4.78, 5) is 58.9. The number of aromatic nitrogens is 2. The van der Waals surface area contributed by atoms with Crippen molar-refractivity contribution in [3.8, 4) is 0 Å². The number of hydrogen-bond donors (Lipinski definition) is 4. The van der Waals surface area contributed by atoms with Gasteiger partial charge in [0.15, 0.2) is 5.69 Å². The number of carbonyl (C=O) groups excluding carboxylic acids is 4. The molecule has 2 heterocycles. The van der Waals surface area contributed by atoms with Gasteiger partial charge in [-0.25, -0.2) is 14.2 Å². The van der Waals surface area contributed by atoms with Crippen molar-refractivity contribution in [2.24, 2.45) is 5.73 Å². The minimum Gasteiger partial charge on any atom is -0.364 e. The quantitative estimate of drug-likeness (QED) is 0.364. The predicted molar refractivity (Wildman–Crippen MR) is 130 cm³/mol. The number of nitrogens with zero attached hydrogens (tertiary/aromatic N) is 3. The lowest BCUT2D eigenvalue weighted by Crippen LogP contribution is -2.40. The first-order valence-corrected chi connectivity index (χ1v) is 11.2. The van der Waals surface area contributed by atoms with Gasteiger partial charge in [-0.15, -0.1) is 0 Å². The van der Waals surface area contributed by atoms with E-state index in [-0.39, 0.29) is 41.1 Å². The number of carbonyl (C=O) groups is 4. The second-order valence-corrected chi connectivity index (χ2v) is 8.20. The van der Waals surface area contributed by atoms with Gasteiger partial charge in [-0.1, -0.05) is 11.6 Å². The third-order valence-electron chi connectivity index (χ3n) is 5.48. The van der Waals surface area contributed by atoms with Crippen LogP contribution in [0.3, 0.4) is 0 Å². The Kier molecular flexibility index (Phi) is 7.15. The zero-order valence-electron chi connectivity index (χ0n) is 18.8. The molecular formula is C23H21ClFN7O4. The van der Waals surface area contributed by atoms with Crippen LogP contribution in [0.2, 0.25) is 5.02 Å². The number of anilines is 2. The standard InChI is InChI=1S/C23H21ClFN7O4/c24-17-11-13(25)1-6-16(17)21(34)30-14-2-4-15(5-3-14)32(10-9-31-8-7-27-23(31)36)22(35)19-18(20(26)33)28-12-29-19/h1-6,11-12H,7-10H2,(H2,26,33)(H,27,36)(H,28,29)(H,30,34). The summed E-state index contributed by atoms with van der Waals surface area (Å²) in [6.07, 6.45) is 1.19. The number of benzene rings is 2. The molecule has 0 saturated carbocycles. The topological polar surface area (TPSA) is 154 Å². The molecule has 1 aromatic heterocycles.